The van der Waals surface area contributed by atoms with Crippen LogP contribution in [0.25, 0.3) is 0 Å². The third kappa shape index (κ3) is 2.15. The first-order chi connectivity index (χ1) is 3.18. The quantitative estimate of drug-likeness (QED) is 0.479. The van der Waals surface area contributed by atoms with Gasteiger partial charge in [0.1, 0.15) is 0 Å². The van der Waals surface area contributed by atoms with Crippen LogP contribution in [-0.4, -0.2) is 5.78 Å². The van der Waals surface area contributed by atoms with Crippen molar-refractivity contribution in [1.29, 1.82) is 0 Å². The summed E-state index contributed by atoms with van der Waals surface area (Å²) < 4.78 is 0. The standard InChI is InChI=1S/C6H10O/c1-4-5(2)6(3)7/h2,4H2,1,3H3. The summed E-state index contributed by atoms with van der Waals surface area (Å²) in [7, 11) is 0. The van der Waals surface area contributed by atoms with Gasteiger partial charge in [0.05, 0.1) is 0 Å². The lowest BCUT2D eigenvalue weighted by Crippen LogP contribution is -1.90. The van der Waals surface area contributed by atoms with E-state index in [1.807, 2.05) is 6.92 Å². The van der Waals surface area contributed by atoms with Crippen LogP contribution in [0.5, 0.6) is 0 Å². The summed E-state index contributed by atoms with van der Waals surface area (Å²) in [6, 6.07) is 0. The maximum Gasteiger partial charge on any atom is 0.155 e. The van der Waals surface area contributed by atoms with Gasteiger partial charge in [-0.3, -0.25) is 4.79 Å². The van der Waals surface area contributed by atoms with Gasteiger partial charge in [0.25, 0.3) is 0 Å². The molecule has 0 amide bonds. The summed E-state index contributed by atoms with van der Waals surface area (Å²) in [5, 5.41) is 0. The van der Waals surface area contributed by atoms with Gasteiger partial charge < -0.3 is 0 Å². The number of carbonyl (C=O) groups excluding carboxylic acids is 1. The van der Waals surface area contributed by atoms with E-state index in [9.17, 15) is 4.79 Å². The highest BCUT2D eigenvalue weighted by atomic mass is 16.1. The molecule has 7 heavy (non-hydrogen) atoms. The van der Waals surface area contributed by atoms with Crippen LogP contribution in [0.15, 0.2) is 12.2 Å². The van der Waals surface area contributed by atoms with Gasteiger partial charge in [-0.1, -0.05) is 13.5 Å². The van der Waals surface area contributed by atoms with Crippen molar-refractivity contribution < 1.29 is 4.79 Å². The molecule has 0 aliphatic heterocycles. The molecule has 0 rings (SSSR count). The molecule has 0 aliphatic carbocycles. The summed E-state index contributed by atoms with van der Waals surface area (Å²) in [4.78, 5) is 10.3. The Kier molecular flexibility index (Phi) is 2.34. The van der Waals surface area contributed by atoms with E-state index in [-0.39, 0.29) is 5.78 Å². The Labute approximate surface area is 44.0 Å². The van der Waals surface area contributed by atoms with E-state index < -0.39 is 0 Å². The lowest BCUT2D eigenvalue weighted by atomic mass is 10.2. The Morgan fingerprint density at radius 1 is 1.71 bits per heavy atom. The lowest BCUT2D eigenvalue weighted by Gasteiger charge is -1.89. The highest BCUT2D eigenvalue weighted by molar-refractivity contribution is 5.92. The van der Waals surface area contributed by atoms with Gasteiger partial charge in [-0.15, -0.1) is 0 Å². The summed E-state index contributed by atoms with van der Waals surface area (Å²) in [6.45, 7) is 6.98. The second-order valence-corrected chi connectivity index (χ2v) is 1.51. The van der Waals surface area contributed by atoms with Crippen LogP contribution < -0.4 is 0 Å². The minimum absolute atomic E-state index is 0.0995. The minimum Gasteiger partial charge on any atom is -0.295 e. The maximum absolute atomic E-state index is 10.3. The zero-order valence-corrected chi connectivity index (χ0v) is 4.82. The van der Waals surface area contributed by atoms with Crippen LogP contribution in [0.1, 0.15) is 20.3 Å². The van der Waals surface area contributed by atoms with Crippen molar-refractivity contribution in [1.82, 2.24) is 0 Å². The van der Waals surface area contributed by atoms with E-state index in [1.54, 1.807) is 0 Å². The summed E-state index contributed by atoms with van der Waals surface area (Å²) in [6.07, 6.45) is 0.773. The van der Waals surface area contributed by atoms with Crippen LogP contribution in [-0.2, 0) is 4.79 Å². The average molecular weight is 98.1 g/mol. The van der Waals surface area contributed by atoms with E-state index in [1.165, 1.54) is 6.92 Å². The lowest BCUT2D eigenvalue weighted by molar-refractivity contribution is -0.113. The molecule has 0 aromatic heterocycles. The third-order valence-corrected chi connectivity index (χ3v) is 0.925. The second kappa shape index (κ2) is 2.56. The highest BCUT2D eigenvalue weighted by Crippen LogP contribution is 1.94. The predicted molar refractivity (Wildman–Crippen MR) is 30.1 cm³/mol. The minimum atomic E-state index is 0.0995. The number of allylic oxidation sites excluding steroid dienone is 1. The first kappa shape index (κ1) is 6.41. The van der Waals surface area contributed by atoms with Gasteiger partial charge in [-0.05, 0) is 18.9 Å². The van der Waals surface area contributed by atoms with Gasteiger partial charge in [-0.2, -0.15) is 0 Å². The zero-order valence-electron chi connectivity index (χ0n) is 4.82. The van der Waals surface area contributed by atoms with Gasteiger partial charge in [0.2, 0.25) is 0 Å². The zero-order chi connectivity index (χ0) is 5.86. The number of Topliss-reactive ketones (excluding diaryl/α,β-unsaturated/α-hetero) is 1. The Morgan fingerprint density at radius 3 is 2.14 bits per heavy atom. The van der Waals surface area contributed by atoms with Gasteiger partial charge >= 0.3 is 0 Å². The molecule has 0 unspecified atom stereocenters. The fourth-order valence-electron chi connectivity index (χ4n) is 0.249. The molecule has 0 heterocycles. The monoisotopic (exact) mass is 98.1 g/mol. The fraction of sp³-hybridized carbons (Fsp3) is 0.500. The third-order valence-electron chi connectivity index (χ3n) is 0.925. The SMILES string of the molecule is C=C(CC)C(C)=O. The Balaban J connectivity index is 3.58. The van der Waals surface area contributed by atoms with Gasteiger partial charge in [0.15, 0.2) is 5.78 Å². The van der Waals surface area contributed by atoms with Crippen molar-refractivity contribution in [3.05, 3.63) is 12.2 Å². The number of carbonyl (C=O) groups is 1. The highest BCUT2D eigenvalue weighted by Gasteiger charge is 1.92. The first-order valence-electron chi connectivity index (χ1n) is 2.37. The van der Waals surface area contributed by atoms with Crippen molar-refractivity contribution in [2.75, 3.05) is 0 Å². The Bertz CT molecular complexity index is 92.4. The molecule has 0 radical (unpaired) electrons. The van der Waals surface area contributed by atoms with Crippen LogP contribution in [0, 0.1) is 0 Å². The van der Waals surface area contributed by atoms with Crippen molar-refractivity contribution in [2.24, 2.45) is 0 Å². The van der Waals surface area contributed by atoms with Crippen LogP contribution in [0.3, 0.4) is 0 Å². The van der Waals surface area contributed by atoms with E-state index in [4.69, 9.17) is 0 Å². The van der Waals surface area contributed by atoms with Crippen LogP contribution in [0.2, 0.25) is 0 Å². The molecule has 1 nitrogen and oxygen atoms in total. The molecular weight excluding hydrogens is 88.1 g/mol. The topological polar surface area (TPSA) is 17.1 Å². The molecule has 0 aromatic rings. The molecule has 0 atom stereocenters. The van der Waals surface area contributed by atoms with Crippen molar-refractivity contribution in [3.63, 3.8) is 0 Å². The molecule has 0 saturated carbocycles. The van der Waals surface area contributed by atoms with Crippen LogP contribution >= 0.6 is 0 Å². The maximum atomic E-state index is 10.3. The molecule has 0 fully saturated rings. The summed E-state index contributed by atoms with van der Waals surface area (Å²) in [5.74, 6) is 0.0995. The molecule has 40 valence electrons. The predicted octanol–water partition coefficient (Wildman–Crippen LogP) is 1.54. The molecule has 1 heteroatoms. The molecular formula is C6H10O. The summed E-state index contributed by atoms with van der Waals surface area (Å²) in [5.41, 5.74) is 0.708. The number of hydrogen-bond donors (Lipinski definition) is 0. The summed E-state index contributed by atoms with van der Waals surface area (Å²) >= 11 is 0. The van der Waals surface area contributed by atoms with E-state index in [2.05, 4.69) is 6.58 Å². The molecule has 0 bridgehead atoms. The molecule has 0 aliphatic rings. The van der Waals surface area contributed by atoms with Crippen molar-refractivity contribution in [2.45, 2.75) is 20.3 Å². The van der Waals surface area contributed by atoms with Crippen molar-refractivity contribution in [3.8, 4) is 0 Å². The number of hydrogen-bond acceptors (Lipinski definition) is 1. The van der Waals surface area contributed by atoms with Crippen LogP contribution in [0.4, 0.5) is 0 Å². The Hall–Kier alpha value is -0.590. The second-order valence-electron chi connectivity index (χ2n) is 1.51. The van der Waals surface area contributed by atoms with Gasteiger partial charge in [-0.25, -0.2) is 0 Å². The normalized spacial score (nSPS) is 8.29. The molecule has 0 N–H and O–H groups in total. The van der Waals surface area contributed by atoms with E-state index in [0.29, 0.717) is 5.57 Å². The molecule has 0 aromatic carbocycles. The number of rotatable bonds is 2. The van der Waals surface area contributed by atoms with Gasteiger partial charge in [0, 0.05) is 0 Å². The molecule has 0 saturated heterocycles. The average Bonchev–Trinajstić information content (AvgIpc) is 1.65. The Morgan fingerprint density at radius 2 is 2.14 bits per heavy atom. The van der Waals surface area contributed by atoms with E-state index in [0.717, 1.165) is 6.42 Å². The smallest absolute Gasteiger partial charge is 0.155 e. The van der Waals surface area contributed by atoms with Crippen molar-refractivity contribution >= 4 is 5.78 Å². The number of ketones is 1. The fourth-order valence-corrected chi connectivity index (χ4v) is 0.249. The largest absolute Gasteiger partial charge is 0.295 e. The molecule has 0 spiro atoms. The van der Waals surface area contributed by atoms with E-state index >= 15 is 0 Å². The first-order valence-corrected chi connectivity index (χ1v) is 2.37.